The van der Waals surface area contributed by atoms with Gasteiger partial charge < -0.3 is 0 Å². The van der Waals surface area contributed by atoms with E-state index in [9.17, 15) is 8.78 Å². The minimum Gasteiger partial charge on any atom is -0.298 e. The second-order valence-electron chi connectivity index (χ2n) is 7.85. The molecule has 5 heteroatoms. The topological polar surface area (TPSA) is 19.4 Å². The maximum Gasteiger partial charge on any atom is 0.163 e. The van der Waals surface area contributed by atoms with Gasteiger partial charge in [0.05, 0.1) is 0 Å². The summed E-state index contributed by atoms with van der Waals surface area (Å²) in [7, 11) is 0. The first-order valence-corrected chi connectivity index (χ1v) is 9.40. The van der Waals surface area contributed by atoms with Gasteiger partial charge in [-0.2, -0.15) is 0 Å². The highest BCUT2D eigenvalue weighted by molar-refractivity contribution is 5.19. The lowest BCUT2D eigenvalue weighted by Crippen LogP contribution is -2.44. The van der Waals surface area contributed by atoms with Crippen LogP contribution in [0.2, 0.25) is 0 Å². The molecule has 1 aromatic carbocycles. The zero-order valence-electron chi connectivity index (χ0n) is 15.0. The van der Waals surface area contributed by atoms with Gasteiger partial charge in [0.1, 0.15) is 0 Å². The molecule has 2 aliphatic heterocycles. The summed E-state index contributed by atoms with van der Waals surface area (Å²) in [5.41, 5.74) is 2.00. The van der Waals surface area contributed by atoms with Crippen molar-refractivity contribution in [3.05, 3.63) is 65.5 Å². The average molecular weight is 357 g/mol. The van der Waals surface area contributed by atoms with Crippen LogP contribution in [-0.4, -0.2) is 41.0 Å². The Balaban J connectivity index is 1.39. The predicted molar refractivity (Wildman–Crippen MR) is 97.4 cm³/mol. The molecule has 0 bridgehead atoms. The van der Waals surface area contributed by atoms with Crippen molar-refractivity contribution in [2.75, 3.05) is 26.2 Å². The fourth-order valence-electron chi connectivity index (χ4n) is 4.60. The Kier molecular flexibility index (Phi) is 5.00. The summed E-state index contributed by atoms with van der Waals surface area (Å²) in [6, 6.07) is 8.58. The van der Waals surface area contributed by atoms with Crippen LogP contribution in [0.15, 0.2) is 42.7 Å². The summed E-state index contributed by atoms with van der Waals surface area (Å²) in [6.45, 7) is 5.52. The molecule has 4 rings (SSSR count). The van der Waals surface area contributed by atoms with Crippen molar-refractivity contribution < 1.29 is 8.78 Å². The number of halogens is 2. The van der Waals surface area contributed by atoms with Crippen LogP contribution in [0.25, 0.3) is 0 Å². The summed E-state index contributed by atoms with van der Waals surface area (Å²) < 4.78 is 27.5. The van der Waals surface area contributed by atoms with Gasteiger partial charge in [-0.3, -0.25) is 14.8 Å². The lowest BCUT2D eigenvalue weighted by atomic mass is 9.79. The molecule has 0 unspecified atom stereocenters. The minimum atomic E-state index is -0.752. The molecule has 138 valence electrons. The predicted octanol–water partition coefficient (Wildman–Crippen LogP) is 3.85. The van der Waals surface area contributed by atoms with Gasteiger partial charge in [-0.25, -0.2) is 8.78 Å². The Bertz CT molecular complexity index is 752. The van der Waals surface area contributed by atoms with E-state index in [1.165, 1.54) is 24.5 Å². The van der Waals surface area contributed by atoms with Crippen molar-refractivity contribution in [3.63, 3.8) is 0 Å². The van der Waals surface area contributed by atoms with Crippen molar-refractivity contribution >= 4 is 0 Å². The first kappa shape index (κ1) is 17.6. The number of hydrogen-bond donors (Lipinski definition) is 0. The number of nitrogens with zero attached hydrogens (tertiary/aromatic N) is 3. The molecule has 1 spiro atoms. The largest absolute Gasteiger partial charge is 0.298 e. The lowest BCUT2D eigenvalue weighted by molar-refractivity contribution is 0.0856. The molecule has 2 saturated heterocycles. The Morgan fingerprint density at radius 2 is 1.81 bits per heavy atom. The molecule has 3 nitrogen and oxygen atoms in total. The first-order valence-electron chi connectivity index (χ1n) is 9.40. The van der Waals surface area contributed by atoms with E-state index < -0.39 is 11.6 Å². The molecule has 2 aliphatic rings. The zero-order chi connectivity index (χ0) is 18.0. The maximum absolute atomic E-state index is 14.0. The van der Waals surface area contributed by atoms with E-state index >= 15 is 0 Å². The summed E-state index contributed by atoms with van der Waals surface area (Å²) in [6.07, 6.45) is 7.26. The fourth-order valence-corrected chi connectivity index (χ4v) is 4.60. The van der Waals surface area contributed by atoms with Gasteiger partial charge in [0.15, 0.2) is 11.6 Å². The standard InChI is InChI=1S/C21H25F2N3/c22-19-6-1-5-18(20(19)23)14-25-10-3-7-21(15-25)8-11-26(16-21)13-17-4-2-9-24-12-17/h1-2,4-6,9,12H,3,7-8,10-11,13-16H2/t21-/m0/s1. The molecule has 2 fully saturated rings. The van der Waals surface area contributed by atoms with Gasteiger partial charge in [-0.15, -0.1) is 0 Å². The van der Waals surface area contributed by atoms with E-state index in [1.807, 2.05) is 12.3 Å². The van der Waals surface area contributed by atoms with Crippen molar-refractivity contribution in [1.82, 2.24) is 14.8 Å². The van der Waals surface area contributed by atoms with Gasteiger partial charge in [-0.1, -0.05) is 18.2 Å². The smallest absolute Gasteiger partial charge is 0.163 e. The van der Waals surface area contributed by atoms with Crippen LogP contribution in [0.4, 0.5) is 8.78 Å². The van der Waals surface area contributed by atoms with Crippen molar-refractivity contribution in [2.24, 2.45) is 5.41 Å². The average Bonchev–Trinajstić information content (AvgIpc) is 3.01. The molecule has 0 amide bonds. The molecule has 0 radical (unpaired) electrons. The van der Waals surface area contributed by atoms with Gasteiger partial charge in [-0.05, 0) is 55.5 Å². The normalized spacial score (nSPS) is 24.4. The molecule has 0 saturated carbocycles. The Hall–Kier alpha value is -1.85. The summed E-state index contributed by atoms with van der Waals surface area (Å²) in [5.74, 6) is -1.45. The number of hydrogen-bond acceptors (Lipinski definition) is 3. The van der Waals surface area contributed by atoms with E-state index in [0.717, 1.165) is 39.1 Å². The van der Waals surface area contributed by atoms with Crippen LogP contribution >= 0.6 is 0 Å². The van der Waals surface area contributed by atoms with Crippen LogP contribution in [0.1, 0.15) is 30.4 Å². The van der Waals surface area contributed by atoms with Gasteiger partial charge in [0, 0.05) is 44.1 Å². The third kappa shape index (κ3) is 3.79. The number of benzene rings is 1. The molecule has 26 heavy (non-hydrogen) atoms. The molecule has 2 aromatic rings. The van der Waals surface area contributed by atoms with E-state index in [4.69, 9.17) is 0 Å². The maximum atomic E-state index is 14.0. The third-order valence-corrected chi connectivity index (χ3v) is 5.81. The quantitative estimate of drug-likeness (QED) is 0.829. The number of aromatic nitrogens is 1. The van der Waals surface area contributed by atoms with Gasteiger partial charge in [0.25, 0.3) is 0 Å². The van der Waals surface area contributed by atoms with Crippen molar-refractivity contribution in [2.45, 2.75) is 32.4 Å². The van der Waals surface area contributed by atoms with Crippen molar-refractivity contribution in [3.8, 4) is 0 Å². The summed E-state index contributed by atoms with van der Waals surface area (Å²) in [4.78, 5) is 9.01. The van der Waals surface area contributed by atoms with E-state index in [-0.39, 0.29) is 5.41 Å². The van der Waals surface area contributed by atoms with Crippen LogP contribution < -0.4 is 0 Å². The van der Waals surface area contributed by atoms with Crippen molar-refractivity contribution in [1.29, 1.82) is 0 Å². The fraction of sp³-hybridized carbons (Fsp3) is 0.476. The number of pyridine rings is 1. The van der Waals surface area contributed by atoms with Crippen LogP contribution in [0.5, 0.6) is 0 Å². The van der Waals surface area contributed by atoms with Gasteiger partial charge >= 0.3 is 0 Å². The Morgan fingerprint density at radius 3 is 2.62 bits per heavy atom. The van der Waals surface area contributed by atoms with Crippen LogP contribution in [0, 0.1) is 17.0 Å². The number of piperidine rings is 1. The SMILES string of the molecule is Fc1cccc(CN2CCC[C@]3(CCN(Cc4cccnc4)C3)C2)c1F. The molecular weight excluding hydrogens is 332 g/mol. The van der Waals surface area contributed by atoms with E-state index in [2.05, 4.69) is 20.9 Å². The summed E-state index contributed by atoms with van der Waals surface area (Å²) in [5, 5.41) is 0. The van der Waals surface area contributed by atoms with E-state index in [1.54, 1.807) is 18.3 Å². The molecular formula is C21H25F2N3. The molecule has 0 aliphatic carbocycles. The highest BCUT2D eigenvalue weighted by atomic mass is 19.2. The van der Waals surface area contributed by atoms with Crippen LogP contribution in [0.3, 0.4) is 0 Å². The highest BCUT2D eigenvalue weighted by Gasteiger charge is 2.41. The monoisotopic (exact) mass is 357 g/mol. The number of likely N-dealkylation sites (tertiary alicyclic amines) is 2. The molecule has 3 heterocycles. The first-order chi connectivity index (χ1) is 12.6. The van der Waals surface area contributed by atoms with Crippen LogP contribution in [-0.2, 0) is 13.1 Å². The Morgan fingerprint density at radius 1 is 0.962 bits per heavy atom. The second-order valence-corrected chi connectivity index (χ2v) is 7.85. The number of rotatable bonds is 4. The minimum absolute atomic E-state index is 0.282. The Labute approximate surface area is 153 Å². The highest BCUT2D eigenvalue weighted by Crippen LogP contribution is 2.39. The zero-order valence-corrected chi connectivity index (χ0v) is 15.0. The second kappa shape index (κ2) is 7.41. The third-order valence-electron chi connectivity index (χ3n) is 5.81. The lowest BCUT2D eigenvalue weighted by Gasteiger charge is -2.40. The molecule has 1 aromatic heterocycles. The molecule has 0 N–H and O–H groups in total. The summed E-state index contributed by atoms with van der Waals surface area (Å²) >= 11 is 0. The molecule has 1 atom stereocenters. The van der Waals surface area contributed by atoms with E-state index in [0.29, 0.717) is 12.1 Å². The van der Waals surface area contributed by atoms with Gasteiger partial charge in [0.2, 0.25) is 0 Å².